The first-order valence-electron chi connectivity index (χ1n) is 6.77. The van der Waals surface area contributed by atoms with Crippen LogP contribution < -0.4 is 5.32 Å². The van der Waals surface area contributed by atoms with Crippen molar-refractivity contribution in [2.45, 2.75) is 45.2 Å². The van der Waals surface area contributed by atoms with Gasteiger partial charge in [-0.15, -0.1) is 11.3 Å². The first-order valence-corrected chi connectivity index (χ1v) is 8.64. The summed E-state index contributed by atoms with van der Waals surface area (Å²) in [5.74, 6) is 1.85. The Morgan fingerprint density at radius 1 is 1.44 bits per heavy atom. The molecule has 1 unspecified atom stereocenters. The Morgan fingerprint density at radius 3 is 3.11 bits per heavy atom. The Kier molecular flexibility index (Phi) is 3.66. The molecule has 0 amide bonds. The Bertz CT molecular complexity index is 450. The van der Waals surface area contributed by atoms with Gasteiger partial charge in [0, 0.05) is 16.7 Å². The lowest BCUT2D eigenvalue weighted by atomic mass is 9.95. The van der Waals surface area contributed by atoms with Crippen molar-refractivity contribution in [2.24, 2.45) is 10.9 Å². The third-order valence-corrected chi connectivity index (χ3v) is 5.83. The molecular weight excluding hydrogens is 260 g/mol. The molecule has 1 saturated heterocycles. The van der Waals surface area contributed by atoms with E-state index in [0.29, 0.717) is 18.0 Å². The molecule has 1 fully saturated rings. The van der Waals surface area contributed by atoms with E-state index in [9.17, 15) is 0 Å². The van der Waals surface area contributed by atoms with Crippen molar-refractivity contribution in [3.05, 3.63) is 21.9 Å². The normalized spacial score (nSPS) is 29.6. The standard InChI is InChI=1S/C14H20N2S2/c1-9(2)12-8-18-14(16-12)15-11-4-3-5-13-10(11)6-7-17-13/h6-7,9,11-12H,3-5,8H2,1-2H3,(H,15,16)/t11?,12-/m1/s1. The van der Waals surface area contributed by atoms with Crippen LogP contribution in [0.5, 0.6) is 0 Å². The zero-order chi connectivity index (χ0) is 12.5. The molecule has 3 rings (SSSR count). The number of nitrogens with one attached hydrogen (secondary N) is 1. The van der Waals surface area contributed by atoms with Gasteiger partial charge in [0.15, 0.2) is 5.17 Å². The lowest BCUT2D eigenvalue weighted by Gasteiger charge is -2.20. The van der Waals surface area contributed by atoms with Gasteiger partial charge in [0.05, 0.1) is 6.04 Å². The monoisotopic (exact) mass is 280 g/mol. The molecule has 0 saturated carbocycles. The van der Waals surface area contributed by atoms with Crippen molar-refractivity contribution in [2.75, 3.05) is 5.75 Å². The van der Waals surface area contributed by atoms with Gasteiger partial charge >= 0.3 is 0 Å². The molecule has 1 aliphatic heterocycles. The third-order valence-electron chi connectivity index (χ3n) is 3.81. The first kappa shape index (κ1) is 12.5. The maximum atomic E-state index is 4.96. The predicted octanol–water partition coefficient (Wildman–Crippen LogP) is 3.84. The summed E-state index contributed by atoms with van der Waals surface area (Å²) in [5.41, 5.74) is 1.48. The van der Waals surface area contributed by atoms with Crippen LogP contribution in [0.3, 0.4) is 0 Å². The van der Waals surface area contributed by atoms with Crippen molar-refractivity contribution in [3.63, 3.8) is 0 Å². The minimum Gasteiger partial charge on any atom is -0.361 e. The van der Waals surface area contributed by atoms with Gasteiger partial charge in [0.25, 0.3) is 0 Å². The highest BCUT2D eigenvalue weighted by Crippen LogP contribution is 2.36. The summed E-state index contributed by atoms with van der Waals surface area (Å²) >= 11 is 3.79. The van der Waals surface area contributed by atoms with Crippen LogP contribution in [-0.4, -0.2) is 17.0 Å². The van der Waals surface area contributed by atoms with Crippen molar-refractivity contribution >= 4 is 28.3 Å². The number of nitrogens with zero attached hydrogens (tertiary/aromatic N) is 1. The maximum absolute atomic E-state index is 4.96. The molecule has 1 aliphatic carbocycles. The average molecular weight is 280 g/mol. The van der Waals surface area contributed by atoms with Crippen molar-refractivity contribution in [1.82, 2.24) is 5.32 Å². The number of hydrogen-bond donors (Lipinski definition) is 1. The van der Waals surface area contributed by atoms with Crippen molar-refractivity contribution < 1.29 is 0 Å². The number of thiophene rings is 1. The Hall–Kier alpha value is -0.480. The van der Waals surface area contributed by atoms with Crippen LogP contribution in [0.15, 0.2) is 16.4 Å². The van der Waals surface area contributed by atoms with Crippen LogP contribution >= 0.6 is 23.1 Å². The fourth-order valence-corrected chi connectivity index (χ4v) is 4.81. The van der Waals surface area contributed by atoms with Gasteiger partial charge in [-0.3, -0.25) is 4.99 Å². The molecule has 98 valence electrons. The minimum atomic E-state index is 0.404. The van der Waals surface area contributed by atoms with Gasteiger partial charge in [-0.05, 0) is 42.2 Å². The van der Waals surface area contributed by atoms with E-state index in [1.807, 2.05) is 23.1 Å². The van der Waals surface area contributed by atoms with Gasteiger partial charge < -0.3 is 5.32 Å². The largest absolute Gasteiger partial charge is 0.361 e. The van der Waals surface area contributed by atoms with Crippen LogP contribution in [0.2, 0.25) is 0 Å². The molecule has 4 heteroatoms. The molecule has 1 aromatic rings. The molecule has 2 aliphatic rings. The fourth-order valence-electron chi connectivity index (χ4n) is 2.58. The molecule has 2 atom stereocenters. The topological polar surface area (TPSA) is 24.4 Å². The van der Waals surface area contributed by atoms with E-state index in [0.717, 1.165) is 5.17 Å². The van der Waals surface area contributed by atoms with Crippen LogP contribution in [-0.2, 0) is 6.42 Å². The van der Waals surface area contributed by atoms with E-state index in [1.54, 1.807) is 4.88 Å². The smallest absolute Gasteiger partial charge is 0.157 e. The van der Waals surface area contributed by atoms with Crippen LogP contribution in [0.25, 0.3) is 0 Å². The maximum Gasteiger partial charge on any atom is 0.157 e. The highest BCUT2D eigenvalue weighted by molar-refractivity contribution is 8.14. The van der Waals surface area contributed by atoms with Gasteiger partial charge in [-0.2, -0.15) is 0 Å². The molecule has 2 nitrogen and oxygen atoms in total. The van der Waals surface area contributed by atoms with Gasteiger partial charge in [-0.1, -0.05) is 25.6 Å². The molecule has 0 spiro atoms. The van der Waals surface area contributed by atoms with Crippen LogP contribution in [0.4, 0.5) is 0 Å². The molecule has 0 radical (unpaired) electrons. The van der Waals surface area contributed by atoms with Crippen LogP contribution in [0, 0.1) is 5.92 Å². The van der Waals surface area contributed by atoms with E-state index in [4.69, 9.17) is 4.99 Å². The summed E-state index contributed by atoms with van der Waals surface area (Å²) in [6.07, 6.45) is 3.75. The second-order valence-corrected chi connectivity index (χ2v) is 7.46. The third kappa shape index (κ3) is 2.45. The first-order chi connectivity index (χ1) is 8.74. The molecule has 18 heavy (non-hydrogen) atoms. The fraction of sp³-hybridized carbons (Fsp3) is 0.643. The summed E-state index contributed by atoms with van der Waals surface area (Å²) < 4.78 is 0. The minimum absolute atomic E-state index is 0.404. The van der Waals surface area contributed by atoms with Crippen molar-refractivity contribution in [1.29, 1.82) is 0 Å². The van der Waals surface area contributed by atoms with Gasteiger partial charge in [-0.25, -0.2) is 0 Å². The Labute approximate surface area is 117 Å². The summed E-state index contributed by atoms with van der Waals surface area (Å²) in [7, 11) is 0. The van der Waals surface area contributed by atoms with E-state index in [-0.39, 0.29) is 0 Å². The summed E-state index contributed by atoms with van der Waals surface area (Å²) in [6.45, 7) is 4.55. The van der Waals surface area contributed by atoms with E-state index >= 15 is 0 Å². The Balaban J connectivity index is 1.75. The predicted molar refractivity (Wildman–Crippen MR) is 81.7 cm³/mol. The number of aliphatic imine (C=N–C) groups is 1. The zero-order valence-electron chi connectivity index (χ0n) is 11.0. The molecule has 0 bridgehead atoms. The lowest BCUT2D eigenvalue weighted by molar-refractivity contribution is 0.500. The molecule has 2 heterocycles. The highest BCUT2D eigenvalue weighted by Gasteiger charge is 2.26. The second-order valence-electron chi connectivity index (χ2n) is 5.45. The number of thioether (sulfide) groups is 1. The summed E-state index contributed by atoms with van der Waals surface area (Å²) in [5, 5.41) is 6.96. The number of aryl methyl sites for hydroxylation is 1. The van der Waals surface area contributed by atoms with E-state index in [2.05, 4.69) is 30.6 Å². The summed E-state index contributed by atoms with van der Waals surface area (Å²) in [4.78, 5) is 6.51. The van der Waals surface area contributed by atoms with E-state index < -0.39 is 0 Å². The number of rotatable bonds is 2. The van der Waals surface area contributed by atoms with Crippen LogP contribution in [0.1, 0.15) is 43.2 Å². The van der Waals surface area contributed by atoms with Crippen molar-refractivity contribution in [3.8, 4) is 0 Å². The Morgan fingerprint density at radius 2 is 2.33 bits per heavy atom. The van der Waals surface area contributed by atoms with E-state index in [1.165, 1.54) is 30.6 Å². The number of fused-ring (bicyclic) bond motifs is 1. The lowest BCUT2D eigenvalue weighted by Crippen LogP contribution is -2.31. The number of hydrogen-bond acceptors (Lipinski definition) is 3. The molecular formula is C14H20N2S2. The average Bonchev–Trinajstić information content (AvgIpc) is 2.97. The SMILES string of the molecule is CC(C)[C@H]1CSC(=NC2CCCc3sccc32)N1. The quantitative estimate of drug-likeness (QED) is 0.890. The molecule has 1 aromatic heterocycles. The summed E-state index contributed by atoms with van der Waals surface area (Å²) in [6, 6.07) is 3.27. The second kappa shape index (κ2) is 5.25. The number of amidine groups is 1. The molecule has 1 N–H and O–H groups in total. The highest BCUT2D eigenvalue weighted by atomic mass is 32.2. The molecule has 0 aromatic carbocycles. The van der Waals surface area contributed by atoms with Gasteiger partial charge in [0.2, 0.25) is 0 Å². The zero-order valence-corrected chi connectivity index (χ0v) is 12.6. The van der Waals surface area contributed by atoms with Gasteiger partial charge in [0.1, 0.15) is 0 Å².